The maximum Gasteiger partial charge on any atom is 0.132 e. The molecule has 0 N–H and O–H groups in total. The van der Waals surface area contributed by atoms with Crippen molar-refractivity contribution in [3.8, 4) is 6.07 Å². The number of carbonyl (C=O) groups excluding carboxylic acids is 1. The number of Topliss-reactive ketones (excluding diaryl/α,β-unsaturated/α-hetero) is 1. The smallest absolute Gasteiger partial charge is 0.132 e. The van der Waals surface area contributed by atoms with Crippen LogP contribution in [0.1, 0.15) is 56.9 Å². The van der Waals surface area contributed by atoms with Crippen LogP contribution in [0.2, 0.25) is 0 Å². The van der Waals surface area contributed by atoms with Crippen molar-refractivity contribution in [2.75, 3.05) is 7.05 Å². The van der Waals surface area contributed by atoms with Gasteiger partial charge in [-0.1, -0.05) is 43.2 Å². The zero-order valence-electron chi connectivity index (χ0n) is 13.6. The monoisotopic (exact) mass is 298 g/mol. The van der Waals surface area contributed by atoms with E-state index in [-0.39, 0.29) is 5.54 Å². The number of hydrogen-bond acceptors (Lipinski definition) is 3. The number of rotatable bonds is 3. The lowest BCUT2D eigenvalue weighted by Gasteiger charge is -2.32. The minimum atomic E-state index is -0.212. The van der Waals surface area contributed by atoms with Gasteiger partial charge in [-0.25, -0.2) is 0 Å². The molecular formula is C19H26N2O. The summed E-state index contributed by atoms with van der Waals surface area (Å²) in [5.74, 6) is 0.454. The molecule has 0 saturated heterocycles. The Balaban J connectivity index is 0.000000246. The highest BCUT2D eigenvalue weighted by Crippen LogP contribution is 2.34. The zero-order chi connectivity index (χ0) is 15.8. The molecule has 2 aliphatic rings. The number of hydrogen-bond donors (Lipinski definition) is 0. The average Bonchev–Trinajstić information content (AvgIpc) is 3.20. The van der Waals surface area contributed by atoms with Crippen molar-refractivity contribution in [3.63, 3.8) is 0 Å². The summed E-state index contributed by atoms with van der Waals surface area (Å²) < 4.78 is 0. The van der Waals surface area contributed by atoms with E-state index >= 15 is 0 Å². The molecule has 0 aliphatic heterocycles. The molecule has 3 rings (SSSR count). The van der Waals surface area contributed by atoms with Gasteiger partial charge in [0, 0.05) is 19.4 Å². The SMILES string of the molecule is CN(Cc1ccccc1)C1(C#N)CCCC1.O=C1CCCC1. The van der Waals surface area contributed by atoms with Gasteiger partial charge in [0.15, 0.2) is 0 Å². The molecule has 2 saturated carbocycles. The maximum atomic E-state index is 10.2. The zero-order valence-corrected chi connectivity index (χ0v) is 13.6. The second kappa shape index (κ2) is 8.10. The fourth-order valence-corrected chi connectivity index (χ4v) is 3.32. The fourth-order valence-electron chi connectivity index (χ4n) is 3.32. The number of benzene rings is 1. The van der Waals surface area contributed by atoms with Gasteiger partial charge in [0.2, 0.25) is 0 Å². The van der Waals surface area contributed by atoms with Crippen molar-refractivity contribution in [1.29, 1.82) is 5.26 Å². The van der Waals surface area contributed by atoms with Crippen molar-refractivity contribution in [1.82, 2.24) is 4.90 Å². The molecule has 0 aromatic heterocycles. The molecule has 0 heterocycles. The van der Waals surface area contributed by atoms with Crippen LogP contribution in [0.5, 0.6) is 0 Å². The Morgan fingerprint density at radius 2 is 1.68 bits per heavy atom. The molecule has 0 unspecified atom stereocenters. The molecule has 0 bridgehead atoms. The molecule has 0 amide bonds. The minimum Gasteiger partial charge on any atom is -0.300 e. The molecule has 118 valence electrons. The molecule has 1 aromatic carbocycles. The van der Waals surface area contributed by atoms with E-state index in [4.69, 9.17) is 0 Å². The summed E-state index contributed by atoms with van der Waals surface area (Å²) in [6.45, 7) is 0.869. The van der Waals surface area contributed by atoms with Crippen molar-refractivity contribution >= 4 is 5.78 Å². The van der Waals surface area contributed by atoms with E-state index in [1.165, 1.54) is 18.4 Å². The summed E-state index contributed by atoms with van der Waals surface area (Å²) in [4.78, 5) is 12.5. The molecule has 0 spiro atoms. The van der Waals surface area contributed by atoms with Gasteiger partial charge in [0.1, 0.15) is 11.3 Å². The summed E-state index contributed by atoms with van der Waals surface area (Å²) in [7, 11) is 2.07. The largest absolute Gasteiger partial charge is 0.300 e. The van der Waals surface area contributed by atoms with Gasteiger partial charge >= 0.3 is 0 Å². The Kier molecular flexibility index (Phi) is 6.15. The lowest BCUT2D eigenvalue weighted by Crippen LogP contribution is -2.42. The van der Waals surface area contributed by atoms with E-state index in [0.29, 0.717) is 5.78 Å². The first-order valence-electron chi connectivity index (χ1n) is 8.34. The highest BCUT2D eigenvalue weighted by molar-refractivity contribution is 5.80. The predicted octanol–water partition coefficient (Wildman–Crippen LogP) is 4.08. The highest BCUT2D eigenvalue weighted by Gasteiger charge is 2.37. The Bertz CT molecular complexity index is 504. The van der Waals surface area contributed by atoms with Crippen LogP contribution in [0, 0.1) is 11.3 Å². The van der Waals surface area contributed by atoms with Gasteiger partial charge in [-0.05, 0) is 38.3 Å². The first kappa shape index (κ1) is 16.7. The molecule has 2 fully saturated rings. The van der Waals surface area contributed by atoms with Gasteiger partial charge in [0.05, 0.1) is 6.07 Å². The maximum absolute atomic E-state index is 10.2. The molecule has 0 radical (unpaired) electrons. The predicted molar refractivity (Wildman–Crippen MR) is 88.2 cm³/mol. The minimum absolute atomic E-state index is 0.212. The van der Waals surface area contributed by atoms with E-state index in [1.54, 1.807) is 0 Å². The van der Waals surface area contributed by atoms with Gasteiger partial charge < -0.3 is 0 Å². The van der Waals surface area contributed by atoms with Crippen molar-refractivity contribution in [2.45, 2.75) is 63.5 Å². The number of ketones is 1. The number of nitrogens with zero attached hydrogens (tertiary/aromatic N) is 2. The number of nitriles is 1. The second-order valence-electron chi connectivity index (χ2n) is 6.44. The molecule has 0 atom stereocenters. The first-order chi connectivity index (χ1) is 10.7. The Hall–Kier alpha value is -1.66. The third-order valence-electron chi connectivity index (χ3n) is 4.79. The van der Waals surface area contributed by atoms with E-state index < -0.39 is 0 Å². The molecule has 22 heavy (non-hydrogen) atoms. The average molecular weight is 298 g/mol. The summed E-state index contributed by atoms with van der Waals surface area (Å²) in [5, 5.41) is 9.37. The number of carbonyl (C=O) groups is 1. The lowest BCUT2D eigenvalue weighted by atomic mass is 9.97. The fraction of sp³-hybridized carbons (Fsp3) is 0.579. The topological polar surface area (TPSA) is 44.1 Å². The quantitative estimate of drug-likeness (QED) is 0.844. The normalized spacial score (nSPS) is 19.6. The van der Waals surface area contributed by atoms with Crippen molar-refractivity contribution in [3.05, 3.63) is 35.9 Å². The third-order valence-corrected chi connectivity index (χ3v) is 4.79. The Morgan fingerprint density at radius 3 is 2.14 bits per heavy atom. The lowest BCUT2D eigenvalue weighted by molar-refractivity contribution is -0.117. The van der Waals surface area contributed by atoms with Gasteiger partial charge in [-0.3, -0.25) is 9.69 Å². The van der Waals surface area contributed by atoms with Crippen LogP contribution in [0.25, 0.3) is 0 Å². The van der Waals surface area contributed by atoms with Gasteiger partial charge in [0.25, 0.3) is 0 Å². The van der Waals surface area contributed by atoms with Crippen LogP contribution >= 0.6 is 0 Å². The molecule has 1 aromatic rings. The summed E-state index contributed by atoms with van der Waals surface area (Å²) in [5.41, 5.74) is 1.07. The van der Waals surface area contributed by atoms with Crippen LogP contribution in [-0.4, -0.2) is 23.3 Å². The van der Waals surface area contributed by atoms with E-state index in [1.807, 2.05) is 6.07 Å². The summed E-state index contributed by atoms with van der Waals surface area (Å²) in [6, 6.07) is 12.9. The van der Waals surface area contributed by atoms with Crippen LogP contribution in [0.15, 0.2) is 30.3 Å². The van der Waals surface area contributed by atoms with E-state index in [9.17, 15) is 10.1 Å². The Morgan fingerprint density at radius 1 is 1.09 bits per heavy atom. The van der Waals surface area contributed by atoms with Crippen molar-refractivity contribution in [2.24, 2.45) is 0 Å². The Labute approximate surface area is 133 Å². The second-order valence-corrected chi connectivity index (χ2v) is 6.44. The van der Waals surface area contributed by atoms with Crippen LogP contribution in [0.3, 0.4) is 0 Å². The van der Waals surface area contributed by atoms with Crippen LogP contribution in [-0.2, 0) is 11.3 Å². The van der Waals surface area contributed by atoms with Gasteiger partial charge in [-0.15, -0.1) is 0 Å². The van der Waals surface area contributed by atoms with Crippen molar-refractivity contribution < 1.29 is 4.79 Å². The van der Waals surface area contributed by atoms with E-state index in [2.05, 4.69) is 42.3 Å². The van der Waals surface area contributed by atoms with Crippen LogP contribution in [0.4, 0.5) is 0 Å². The van der Waals surface area contributed by atoms with Gasteiger partial charge in [-0.2, -0.15) is 5.26 Å². The third kappa shape index (κ3) is 4.42. The molecular weight excluding hydrogens is 272 g/mol. The first-order valence-corrected chi connectivity index (χ1v) is 8.34. The van der Waals surface area contributed by atoms with E-state index in [0.717, 1.165) is 45.1 Å². The van der Waals surface area contributed by atoms with Crippen LogP contribution < -0.4 is 0 Å². The molecule has 3 heteroatoms. The summed E-state index contributed by atoms with van der Waals surface area (Å²) >= 11 is 0. The standard InChI is InChI=1S/C14H18N2.C5H8O/c1-16(11-13-7-3-2-4-8-13)14(12-15)9-5-6-10-14;6-5-3-1-2-4-5/h2-4,7-8H,5-6,9-11H2,1H3;1-4H2. The summed E-state index contributed by atoms with van der Waals surface area (Å²) in [6.07, 6.45) is 8.39. The highest BCUT2D eigenvalue weighted by atomic mass is 16.1. The molecule has 2 aliphatic carbocycles. The molecule has 3 nitrogen and oxygen atoms in total.